The SMILES string of the molecule is COc1ccc(C(=O)N[C@H](C(=O)N2CCN(C(=O)C[C@@H](C)CC(C)(C)C)[C@H](C)C2)C(C)C)c(OC)c1. The fourth-order valence-electron chi connectivity index (χ4n) is 4.98. The first-order valence-electron chi connectivity index (χ1n) is 12.9. The van der Waals surface area contributed by atoms with E-state index in [0.717, 1.165) is 6.42 Å². The molecule has 3 atom stereocenters. The van der Waals surface area contributed by atoms with E-state index in [-0.39, 0.29) is 35.1 Å². The van der Waals surface area contributed by atoms with Crippen molar-refractivity contribution >= 4 is 17.7 Å². The van der Waals surface area contributed by atoms with Crippen LogP contribution >= 0.6 is 0 Å². The third-order valence-corrected chi connectivity index (χ3v) is 6.62. The van der Waals surface area contributed by atoms with Crippen LogP contribution in [0.3, 0.4) is 0 Å². The van der Waals surface area contributed by atoms with Crippen LogP contribution in [0.15, 0.2) is 18.2 Å². The molecule has 8 nitrogen and oxygen atoms in total. The quantitative estimate of drug-likeness (QED) is 0.551. The molecule has 0 bridgehead atoms. The zero-order valence-electron chi connectivity index (χ0n) is 23.5. The number of carbonyl (C=O) groups excluding carboxylic acids is 3. The zero-order valence-corrected chi connectivity index (χ0v) is 23.5. The minimum absolute atomic E-state index is 0.0813. The maximum atomic E-state index is 13.5. The number of carbonyl (C=O) groups is 3. The molecule has 0 saturated carbocycles. The van der Waals surface area contributed by atoms with E-state index in [0.29, 0.717) is 49.0 Å². The molecule has 1 fully saturated rings. The highest BCUT2D eigenvalue weighted by atomic mass is 16.5. The van der Waals surface area contributed by atoms with E-state index < -0.39 is 6.04 Å². The average molecular weight is 504 g/mol. The van der Waals surface area contributed by atoms with Crippen molar-refractivity contribution in [2.24, 2.45) is 17.3 Å². The lowest BCUT2D eigenvalue weighted by Gasteiger charge is -2.42. The van der Waals surface area contributed by atoms with Crippen molar-refractivity contribution in [3.05, 3.63) is 23.8 Å². The van der Waals surface area contributed by atoms with Gasteiger partial charge >= 0.3 is 0 Å². The number of hydrogen-bond donors (Lipinski definition) is 1. The monoisotopic (exact) mass is 503 g/mol. The Morgan fingerprint density at radius 2 is 1.75 bits per heavy atom. The second-order valence-corrected chi connectivity index (χ2v) is 11.6. The Morgan fingerprint density at radius 3 is 2.28 bits per heavy atom. The number of rotatable bonds is 9. The van der Waals surface area contributed by atoms with Gasteiger partial charge in [0, 0.05) is 38.2 Å². The molecule has 3 amide bonds. The first-order chi connectivity index (χ1) is 16.8. The molecule has 8 heteroatoms. The van der Waals surface area contributed by atoms with Crippen LogP contribution in [0.25, 0.3) is 0 Å². The maximum Gasteiger partial charge on any atom is 0.255 e. The maximum absolute atomic E-state index is 13.5. The summed E-state index contributed by atoms with van der Waals surface area (Å²) in [6.45, 7) is 15.9. The van der Waals surface area contributed by atoms with Gasteiger partial charge in [0.05, 0.1) is 19.8 Å². The number of nitrogens with zero attached hydrogens (tertiary/aromatic N) is 2. The molecule has 1 aromatic carbocycles. The Labute approximate surface area is 216 Å². The fourth-order valence-corrected chi connectivity index (χ4v) is 4.98. The summed E-state index contributed by atoms with van der Waals surface area (Å²) < 4.78 is 10.6. The number of benzene rings is 1. The van der Waals surface area contributed by atoms with Gasteiger partial charge in [-0.25, -0.2) is 0 Å². The van der Waals surface area contributed by atoms with E-state index in [4.69, 9.17) is 9.47 Å². The van der Waals surface area contributed by atoms with Crippen molar-refractivity contribution in [2.75, 3.05) is 33.9 Å². The van der Waals surface area contributed by atoms with Crippen molar-refractivity contribution in [1.29, 1.82) is 0 Å². The minimum atomic E-state index is -0.689. The molecule has 0 spiro atoms. The van der Waals surface area contributed by atoms with Crippen LogP contribution in [-0.2, 0) is 9.59 Å². The van der Waals surface area contributed by atoms with Gasteiger partial charge in [0.2, 0.25) is 11.8 Å². The van der Waals surface area contributed by atoms with Crippen molar-refractivity contribution in [1.82, 2.24) is 15.1 Å². The van der Waals surface area contributed by atoms with Crippen LogP contribution in [0.4, 0.5) is 0 Å². The van der Waals surface area contributed by atoms with Gasteiger partial charge in [-0.3, -0.25) is 14.4 Å². The van der Waals surface area contributed by atoms with Crippen LogP contribution in [0.2, 0.25) is 0 Å². The van der Waals surface area contributed by atoms with Crippen LogP contribution in [0.1, 0.15) is 71.7 Å². The number of ether oxygens (including phenoxy) is 2. The molecule has 36 heavy (non-hydrogen) atoms. The third-order valence-electron chi connectivity index (χ3n) is 6.62. The summed E-state index contributed by atoms with van der Waals surface area (Å²) in [7, 11) is 3.03. The summed E-state index contributed by atoms with van der Waals surface area (Å²) in [6, 6.07) is 4.18. The fraction of sp³-hybridized carbons (Fsp3) is 0.679. The number of hydrogen-bond acceptors (Lipinski definition) is 5. The molecule has 0 aromatic heterocycles. The summed E-state index contributed by atoms with van der Waals surface area (Å²) in [5.41, 5.74) is 0.521. The van der Waals surface area contributed by atoms with E-state index >= 15 is 0 Å². The number of methoxy groups -OCH3 is 2. The van der Waals surface area contributed by atoms with Crippen LogP contribution < -0.4 is 14.8 Å². The highest BCUT2D eigenvalue weighted by molar-refractivity contribution is 6.00. The van der Waals surface area contributed by atoms with Crippen molar-refractivity contribution in [2.45, 2.75) is 73.4 Å². The molecule has 1 N–H and O–H groups in total. The molecule has 0 radical (unpaired) electrons. The highest BCUT2D eigenvalue weighted by Crippen LogP contribution is 2.27. The second kappa shape index (κ2) is 12.5. The smallest absolute Gasteiger partial charge is 0.255 e. The lowest BCUT2D eigenvalue weighted by atomic mass is 9.84. The van der Waals surface area contributed by atoms with E-state index in [1.807, 2.05) is 25.7 Å². The number of nitrogens with one attached hydrogen (secondary N) is 1. The van der Waals surface area contributed by atoms with Gasteiger partial charge < -0.3 is 24.6 Å². The van der Waals surface area contributed by atoms with Crippen molar-refractivity contribution < 1.29 is 23.9 Å². The van der Waals surface area contributed by atoms with Gasteiger partial charge in [-0.15, -0.1) is 0 Å². The summed E-state index contributed by atoms with van der Waals surface area (Å²) >= 11 is 0. The van der Waals surface area contributed by atoms with E-state index in [1.54, 1.807) is 30.2 Å². The van der Waals surface area contributed by atoms with Gasteiger partial charge in [-0.1, -0.05) is 41.5 Å². The lowest BCUT2D eigenvalue weighted by molar-refractivity contribution is -0.144. The molecule has 0 aliphatic carbocycles. The van der Waals surface area contributed by atoms with Gasteiger partial charge in [0.15, 0.2) is 0 Å². The molecule has 1 heterocycles. The Bertz CT molecular complexity index is 924. The van der Waals surface area contributed by atoms with E-state index in [9.17, 15) is 14.4 Å². The van der Waals surface area contributed by atoms with Crippen LogP contribution in [-0.4, -0.2) is 73.5 Å². The Balaban J connectivity index is 2.05. The molecule has 1 aliphatic heterocycles. The van der Waals surface area contributed by atoms with Gasteiger partial charge in [-0.05, 0) is 42.7 Å². The summed E-state index contributed by atoms with van der Waals surface area (Å²) in [6.07, 6.45) is 1.50. The molecular weight excluding hydrogens is 458 g/mol. The van der Waals surface area contributed by atoms with Crippen LogP contribution in [0, 0.1) is 17.3 Å². The summed E-state index contributed by atoms with van der Waals surface area (Å²) in [5.74, 6) is 0.782. The predicted octanol–water partition coefficient (Wildman–Crippen LogP) is 3.98. The van der Waals surface area contributed by atoms with Gasteiger partial charge in [0.25, 0.3) is 5.91 Å². The Morgan fingerprint density at radius 1 is 1.08 bits per heavy atom. The van der Waals surface area contributed by atoms with Gasteiger partial charge in [0.1, 0.15) is 17.5 Å². The molecule has 1 saturated heterocycles. The van der Waals surface area contributed by atoms with Crippen molar-refractivity contribution in [3.8, 4) is 11.5 Å². The molecule has 202 valence electrons. The number of amides is 3. The molecule has 2 rings (SSSR count). The summed E-state index contributed by atoms with van der Waals surface area (Å²) in [5, 5.41) is 2.91. The first kappa shape index (κ1) is 29.5. The molecule has 1 aliphatic rings. The van der Waals surface area contributed by atoms with Gasteiger partial charge in [-0.2, -0.15) is 0 Å². The number of piperazine rings is 1. The second-order valence-electron chi connectivity index (χ2n) is 11.6. The summed E-state index contributed by atoms with van der Waals surface area (Å²) in [4.78, 5) is 43.2. The average Bonchev–Trinajstić information content (AvgIpc) is 2.79. The molecule has 1 aromatic rings. The zero-order chi connectivity index (χ0) is 27.2. The predicted molar refractivity (Wildman–Crippen MR) is 141 cm³/mol. The Kier molecular flexibility index (Phi) is 10.2. The largest absolute Gasteiger partial charge is 0.497 e. The van der Waals surface area contributed by atoms with E-state index in [1.165, 1.54) is 7.11 Å². The third kappa shape index (κ3) is 7.87. The van der Waals surface area contributed by atoms with E-state index in [2.05, 4.69) is 33.0 Å². The molecular formula is C28H45N3O5. The Hall–Kier alpha value is -2.77. The standard InChI is InChI=1S/C28H45N3O5/c1-18(2)25(29-26(33)22-11-10-21(35-8)15-23(22)36-9)27(34)30-12-13-31(20(4)17-30)24(32)14-19(3)16-28(5,6)7/h10-11,15,18-20,25H,12-14,16-17H2,1-9H3,(H,29,33)/t19-,20-,25+/m1/s1. The normalized spacial score (nSPS) is 18.0. The minimum Gasteiger partial charge on any atom is -0.497 e. The highest BCUT2D eigenvalue weighted by Gasteiger charge is 2.35. The van der Waals surface area contributed by atoms with Crippen LogP contribution in [0.5, 0.6) is 11.5 Å². The lowest BCUT2D eigenvalue weighted by Crippen LogP contribution is -2.60. The topological polar surface area (TPSA) is 88.2 Å². The first-order valence-corrected chi connectivity index (χ1v) is 12.9. The molecule has 0 unspecified atom stereocenters. The van der Waals surface area contributed by atoms with Crippen molar-refractivity contribution in [3.63, 3.8) is 0 Å².